The van der Waals surface area contributed by atoms with E-state index in [2.05, 4.69) is 4.98 Å². The van der Waals surface area contributed by atoms with Crippen molar-refractivity contribution in [2.24, 2.45) is 0 Å². The Labute approximate surface area is 89.8 Å². The van der Waals surface area contributed by atoms with Gasteiger partial charge in [-0.1, -0.05) is 0 Å². The lowest BCUT2D eigenvalue weighted by Gasteiger charge is -2.01. The van der Waals surface area contributed by atoms with Gasteiger partial charge in [-0.25, -0.2) is 4.98 Å². The Morgan fingerprint density at radius 1 is 1.56 bits per heavy atom. The highest BCUT2D eigenvalue weighted by Gasteiger charge is 2.06. The van der Waals surface area contributed by atoms with Crippen molar-refractivity contribution in [3.05, 3.63) is 41.3 Å². The van der Waals surface area contributed by atoms with Crippen LogP contribution in [-0.4, -0.2) is 20.6 Å². The Bertz CT molecular complexity index is 556. The molecule has 6 heteroatoms. The summed E-state index contributed by atoms with van der Waals surface area (Å²) >= 11 is 0. The maximum Gasteiger partial charge on any atom is 0.323 e. The zero-order chi connectivity index (χ0) is 11.5. The molecule has 0 saturated heterocycles. The highest BCUT2D eigenvalue weighted by Crippen LogP contribution is 2.14. The van der Waals surface area contributed by atoms with Gasteiger partial charge in [0.15, 0.2) is 0 Å². The standard InChI is InChI=1S/C10H8N2O4/c13-9-3-8(7-1-2-16-5-7)11-6-12(9)4-10(14)15/h1-3,5-6H,4H2,(H,14,15). The first-order valence-corrected chi connectivity index (χ1v) is 4.47. The molecule has 0 aromatic carbocycles. The number of hydrogen-bond acceptors (Lipinski definition) is 4. The van der Waals surface area contributed by atoms with Gasteiger partial charge in [0.2, 0.25) is 0 Å². The lowest BCUT2D eigenvalue weighted by Crippen LogP contribution is -2.23. The van der Waals surface area contributed by atoms with Crippen molar-refractivity contribution in [2.75, 3.05) is 0 Å². The van der Waals surface area contributed by atoms with Crippen LogP contribution in [0.15, 0.2) is 40.2 Å². The highest BCUT2D eigenvalue weighted by atomic mass is 16.4. The first kappa shape index (κ1) is 10.2. The molecule has 82 valence electrons. The lowest BCUT2D eigenvalue weighted by molar-refractivity contribution is -0.137. The highest BCUT2D eigenvalue weighted by molar-refractivity contribution is 5.66. The summed E-state index contributed by atoms with van der Waals surface area (Å²) in [4.78, 5) is 25.9. The van der Waals surface area contributed by atoms with Crippen LogP contribution < -0.4 is 5.56 Å². The van der Waals surface area contributed by atoms with Gasteiger partial charge < -0.3 is 9.52 Å². The minimum Gasteiger partial charge on any atom is -0.480 e. The second-order valence-corrected chi connectivity index (χ2v) is 3.15. The van der Waals surface area contributed by atoms with E-state index in [0.717, 1.165) is 4.57 Å². The summed E-state index contributed by atoms with van der Waals surface area (Å²) in [6.45, 7) is -0.391. The van der Waals surface area contributed by atoms with Crippen LogP contribution >= 0.6 is 0 Å². The van der Waals surface area contributed by atoms with Gasteiger partial charge in [-0.2, -0.15) is 0 Å². The maximum absolute atomic E-state index is 11.5. The molecule has 1 N–H and O–H groups in total. The molecule has 0 saturated carbocycles. The van der Waals surface area contributed by atoms with Gasteiger partial charge >= 0.3 is 5.97 Å². The fraction of sp³-hybridized carbons (Fsp3) is 0.100. The predicted octanol–water partition coefficient (Wildman–Crippen LogP) is 0.588. The van der Waals surface area contributed by atoms with Crippen LogP contribution in [0.1, 0.15) is 0 Å². The van der Waals surface area contributed by atoms with E-state index in [0.29, 0.717) is 11.3 Å². The fourth-order valence-corrected chi connectivity index (χ4v) is 1.26. The van der Waals surface area contributed by atoms with Crippen molar-refractivity contribution >= 4 is 5.97 Å². The van der Waals surface area contributed by atoms with E-state index in [4.69, 9.17) is 9.52 Å². The van der Waals surface area contributed by atoms with Crippen molar-refractivity contribution in [2.45, 2.75) is 6.54 Å². The third kappa shape index (κ3) is 2.00. The number of carboxylic acid groups (broad SMARTS) is 1. The zero-order valence-electron chi connectivity index (χ0n) is 8.16. The Morgan fingerprint density at radius 3 is 2.94 bits per heavy atom. The second-order valence-electron chi connectivity index (χ2n) is 3.15. The van der Waals surface area contributed by atoms with E-state index in [9.17, 15) is 9.59 Å². The fourth-order valence-electron chi connectivity index (χ4n) is 1.26. The minimum atomic E-state index is -1.08. The number of hydrogen-bond donors (Lipinski definition) is 1. The van der Waals surface area contributed by atoms with Crippen LogP contribution in [0.4, 0.5) is 0 Å². The summed E-state index contributed by atoms with van der Waals surface area (Å²) in [6, 6.07) is 2.94. The molecule has 0 spiro atoms. The van der Waals surface area contributed by atoms with E-state index >= 15 is 0 Å². The zero-order valence-corrected chi connectivity index (χ0v) is 8.16. The van der Waals surface area contributed by atoms with Crippen molar-refractivity contribution in [3.63, 3.8) is 0 Å². The van der Waals surface area contributed by atoms with Gasteiger partial charge in [0.1, 0.15) is 6.54 Å². The normalized spacial score (nSPS) is 10.2. The minimum absolute atomic E-state index is 0.391. The second kappa shape index (κ2) is 4.01. The molecule has 6 nitrogen and oxygen atoms in total. The summed E-state index contributed by atoms with van der Waals surface area (Å²) in [7, 11) is 0. The van der Waals surface area contributed by atoms with E-state index in [1.165, 1.54) is 24.9 Å². The molecule has 0 atom stereocenters. The first-order chi connectivity index (χ1) is 7.66. The molecule has 16 heavy (non-hydrogen) atoms. The number of aliphatic carboxylic acids is 1. The Balaban J connectivity index is 2.37. The molecule has 2 aromatic heterocycles. The molecule has 0 amide bonds. The van der Waals surface area contributed by atoms with Crippen molar-refractivity contribution in [3.8, 4) is 11.3 Å². The van der Waals surface area contributed by atoms with Gasteiger partial charge in [0, 0.05) is 11.6 Å². The molecule has 0 aliphatic heterocycles. The maximum atomic E-state index is 11.5. The lowest BCUT2D eigenvalue weighted by atomic mass is 10.2. The van der Waals surface area contributed by atoms with E-state index in [1.807, 2.05) is 0 Å². The molecule has 0 radical (unpaired) electrons. The van der Waals surface area contributed by atoms with E-state index in [-0.39, 0.29) is 0 Å². The summed E-state index contributed by atoms with van der Waals surface area (Å²) in [5.74, 6) is -1.08. The summed E-state index contributed by atoms with van der Waals surface area (Å²) in [5, 5.41) is 8.54. The Morgan fingerprint density at radius 2 is 2.38 bits per heavy atom. The summed E-state index contributed by atoms with van der Waals surface area (Å²) < 4.78 is 5.88. The Hall–Kier alpha value is -2.37. The molecule has 0 bridgehead atoms. The Kier molecular flexibility index (Phi) is 2.55. The van der Waals surface area contributed by atoms with Crippen LogP contribution in [0.25, 0.3) is 11.3 Å². The number of furan rings is 1. The summed E-state index contributed by atoms with van der Waals surface area (Å²) in [6.07, 6.45) is 4.14. The molecular formula is C10H8N2O4. The van der Waals surface area contributed by atoms with Crippen molar-refractivity contribution in [1.29, 1.82) is 0 Å². The van der Waals surface area contributed by atoms with Gasteiger partial charge in [0.25, 0.3) is 5.56 Å². The van der Waals surface area contributed by atoms with Crippen molar-refractivity contribution < 1.29 is 14.3 Å². The van der Waals surface area contributed by atoms with Gasteiger partial charge in [-0.3, -0.25) is 14.2 Å². The van der Waals surface area contributed by atoms with Gasteiger partial charge in [-0.15, -0.1) is 0 Å². The quantitative estimate of drug-likeness (QED) is 0.818. The third-order valence-electron chi connectivity index (χ3n) is 2.00. The van der Waals surface area contributed by atoms with E-state index in [1.54, 1.807) is 6.07 Å². The average molecular weight is 220 g/mol. The molecular weight excluding hydrogens is 212 g/mol. The monoisotopic (exact) mass is 220 g/mol. The number of nitrogens with zero attached hydrogens (tertiary/aromatic N) is 2. The molecule has 0 fully saturated rings. The first-order valence-electron chi connectivity index (χ1n) is 4.47. The predicted molar refractivity (Wildman–Crippen MR) is 53.8 cm³/mol. The number of rotatable bonds is 3. The number of carboxylic acids is 1. The molecule has 2 heterocycles. The smallest absolute Gasteiger partial charge is 0.323 e. The molecule has 0 aliphatic carbocycles. The van der Waals surface area contributed by atoms with Crippen LogP contribution in [-0.2, 0) is 11.3 Å². The molecule has 2 rings (SSSR count). The molecule has 2 aromatic rings. The van der Waals surface area contributed by atoms with Crippen molar-refractivity contribution in [1.82, 2.24) is 9.55 Å². The average Bonchev–Trinajstić information content (AvgIpc) is 2.73. The van der Waals surface area contributed by atoms with Crippen LogP contribution in [0.5, 0.6) is 0 Å². The van der Waals surface area contributed by atoms with Crippen LogP contribution in [0, 0.1) is 0 Å². The molecule has 0 unspecified atom stereocenters. The van der Waals surface area contributed by atoms with E-state index < -0.39 is 18.1 Å². The summed E-state index contributed by atoms with van der Waals surface area (Å²) in [5.41, 5.74) is 0.730. The topological polar surface area (TPSA) is 85.3 Å². The van der Waals surface area contributed by atoms with Gasteiger partial charge in [0.05, 0.1) is 24.5 Å². The van der Waals surface area contributed by atoms with Gasteiger partial charge in [-0.05, 0) is 6.07 Å². The SMILES string of the molecule is O=C(O)Cn1cnc(-c2ccoc2)cc1=O. The number of carbonyl (C=O) groups is 1. The number of aromatic nitrogens is 2. The third-order valence-corrected chi connectivity index (χ3v) is 2.00. The molecule has 0 aliphatic rings. The largest absolute Gasteiger partial charge is 0.480 e. The van der Waals surface area contributed by atoms with Crippen LogP contribution in [0.3, 0.4) is 0 Å². The van der Waals surface area contributed by atoms with Crippen LogP contribution in [0.2, 0.25) is 0 Å².